The topological polar surface area (TPSA) is 42.2 Å². The van der Waals surface area contributed by atoms with Crippen molar-refractivity contribution < 1.29 is 0 Å². The number of para-hydroxylation sites is 2. The van der Waals surface area contributed by atoms with Gasteiger partial charge in [0.2, 0.25) is 0 Å². The van der Waals surface area contributed by atoms with Gasteiger partial charge in [-0.05, 0) is 83.9 Å². The Morgan fingerprint density at radius 3 is 2.42 bits per heavy atom. The molecule has 2 aliphatic rings. The van der Waals surface area contributed by atoms with Gasteiger partial charge >= 0.3 is 5.69 Å². The molecule has 2 saturated heterocycles. The van der Waals surface area contributed by atoms with E-state index in [1.54, 1.807) is 0 Å². The Morgan fingerprint density at radius 1 is 1.00 bits per heavy atom. The van der Waals surface area contributed by atoms with Crippen molar-refractivity contribution in [2.45, 2.75) is 57.5 Å². The molecule has 26 heavy (non-hydrogen) atoms. The number of hydrogen-bond acceptors (Lipinski definition) is 3. The first-order valence-electron chi connectivity index (χ1n) is 10.3. The number of aromatic nitrogens is 2. The van der Waals surface area contributed by atoms with E-state index in [2.05, 4.69) is 46.0 Å². The minimum atomic E-state index is -0.0833. The van der Waals surface area contributed by atoms with Gasteiger partial charge in [-0.1, -0.05) is 18.6 Å². The third kappa shape index (κ3) is 3.35. The van der Waals surface area contributed by atoms with E-state index < -0.39 is 0 Å². The minimum absolute atomic E-state index is 0.0833. The summed E-state index contributed by atoms with van der Waals surface area (Å²) in [7, 11) is 0. The monoisotopic (exact) mass is 356 g/mol. The van der Waals surface area contributed by atoms with Gasteiger partial charge in [0.15, 0.2) is 0 Å². The molecule has 5 heteroatoms. The van der Waals surface area contributed by atoms with Crippen LogP contribution >= 0.6 is 0 Å². The average Bonchev–Trinajstić information content (AvgIpc) is 2.96. The Hall–Kier alpha value is -1.59. The van der Waals surface area contributed by atoms with Crippen LogP contribution in [0.3, 0.4) is 0 Å². The van der Waals surface area contributed by atoms with Crippen molar-refractivity contribution in [3.63, 3.8) is 0 Å². The molecule has 2 fully saturated rings. The van der Waals surface area contributed by atoms with Gasteiger partial charge in [-0.25, -0.2) is 4.79 Å². The van der Waals surface area contributed by atoms with Gasteiger partial charge in [0, 0.05) is 12.1 Å². The van der Waals surface area contributed by atoms with Gasteiger partial charge in [-0.2, -0.15) is 0 Å². The molecule has 2 aliphatic heterocycles. The lowest BCUT2D eigenvalue weighted by atomic mass is 9.90. The van der Waals surface area contributed by atoms with Crippen molar-refractivity contribution in [3.05, 3.63) is 34.7 Å². The molecular formula is C21H32N4O. The van der Waals surface area contributed by atoms with Crippen molar-refractivity contribution in [1.82, 2.24) is 19.4 Å². The third-order valence-electron chi connectivity index (χ3n) is 6.36. The van der Waals surface area contributed by atoms with Crippen LogP contribution in [0.25, 0.3) is 11.0 Å². The highest BCUT2D eigenvalue weighted by Crippen LogP contribution is 2.29. The fraction of sp³-hybridized carbons (Fsp3) is 0.667. The van der Waals surface area contributed by atoms with E-state index in [1.165, 1.54) is 32.4 Å². The highest BCUT2D eigenvalue weighted by atomic mass is 16.1. The van der Waals surface area contributed by atoms with E-state index in [9.17, 15) is 4.79 Å². The molecule has 0 bridgehead atoms. The van der Waals surface area contributed by atoms with Crippen molar-refractivity contribution in [2.24, 2.45) is 0 Å². The van der Waals surface area contributed by atoms with Gasteiger partial charge in [0.1, 0.15) is 0 Å². The Kier molecular flexibility index (Phi) is 5.18. The van der Waals surface area contributed by atoms with Gasteiger partial charge < -0.3 is 10.2 Å². The summed E-state index contributed by atoms with van der Waals surface area (Å²) >= 11 is 0. The number of likely N-dealkylation sites (tertiary alicyclic amines) is 1. The lowest BCUT2D eigenvalue weighted by Crippen LogP contribution is -2.46. The summed E-state index contributed by atoms with van der Waals surface area (Å²) in [5.74, 6) is 0. The maximum absolute atomic E-state index is 13.4. The van der Waals surface area contributed by atoms with E-state index in [-0.39, 0.29) is 11.2 Å². The van der Waals surface area contributed by atoms with Crippen LogP contribution < -0.4 is 11.0 Å². The SMILES string of the molecule is CC1(n2c(=O)n(CCCN3CCCCC3)c3ccccc32)CCNCC1. The summed E-state index contributed by atoms with van der Waals surface area (Å²) in [4.78, 5) is 15.9. The highest BCUT2D eigenvalue weighted by Gasteiger charge is 2.32. The largest absolute Gasteiger partial charge is 0.329 e. The van der Waals surface area contributed by atoms with Crippen LogP contribution in [0.4, 0.5) is 0 Å². The number of fused-ring (bicyclic) bond motifs is 1. The smallest absolute Gasteiger partial charge is 0.317 e. The van der Waals surface area contributed by atoms with E-state index in [4.69, 9.17) is 0 Å². The maximum Gasteiger partial charge on any atom is 0.329 e. The zero-order valence-electron chi connectivity index (χ0n) is 16.0. The molecule has 2 aromatic rings. The van der Waals surface area contributed by atoms with E-state index >= 15 is 0 Å². The molecule has 1 N–H and O–H groups in total. The number of nitrogens with one attached hydrogen (secondary N) is 1. The summed E-state index contributed by atoms with van der Waals surface area (Å²) in [6.45, 7) is 8.59. The third-order valence-corrected chi connectivity index (χ3v) is 6.36. The number of benzene rings is 1. The molecule has 0 atom stereocenters. The Labute approximate surface area is 156 Å². The predicted octanol–water partition coefficient (Wildman–Crippen LogP) is 2.78. The average molecular weight is 357 g/mol. The van der Waals surface area contributed by atoms with E-state index in [0.29, 0.717) is 0 Å². The Morgan fingerprint density at radius 2 is 1.69 bits per heavy atom. The number of rotatable bonds is 5. The zero-order valence-corrected chi connectivity index (χ0v) is 16.0. The first-order chi connectivity index (χ1) is 12.7. The van der Waals surface area contributed by atoms with Crippen LogP contribution in [-0.4, -0.2) is 46.8 Å². The first kappa shape index (κ1) is 17.8. The molecule has 1 aromatic heterocycles. The maximum atomic E-state index is 13.4. The summed E-state index contributed by atoms with van der Waals surface area (Å²) in [6.07, 6.45) is 7.09. The lowest BCUT2D eigenvalue weighted by molar-refractivity contribution is 0.219. The highest BCUT2D eigenvalue weighted by molar-refractivity contribution is 5.76. The first-order valence-corrected chi connectivity index (χ1v) is 10.3. The number of aryl methyl sites for hydroxylation is 1. The number of piperidine rings is 2. The number of hydrogen-bond donors (Lipinski definition) is 1. The summed E-state index contributed by atoms with van der Waals surface area (Å²) in [5, 5.41) is 3.43. The summed E-state index contributed by atoms with van der Waals surface area (Å²) in [6, 6.07) is 8.34. The molecule has 4 rings (SSSR count). The Balaban J connectivity index is 1.60. The van der Waals surface area contributed by atoms with Crippen LogP contribution in [0.2, 0.25) is 0 Å². The second-order valence-corrected chi connectivity index (χ2v) is 8.26. The Bertz CT molecular complexity index is 794. The quantitative estimate of drug-likeness (QED) is 0.896. The molecule has 142 valence electrons. The molecule has 0 aliphatic carbocycles. The molecule has 3 heterocycles. The molecule has 1 aromatic carbocycles. The second kappa shape index (κ2) is 7.57. The van der Waals surface area contributed by atoms with Crippen molar-refractivity contribution in [1.29, 1.82) is 0 Å². The summed E-state index contributed by atoms with van der Waals surface area (Å²) in [5.41, 5.74) is 2.28. The van der Waals surface area contributed by atoms with Crippen LogP contribution in [0, 0.1) is 0 Å². The van der Waals surface area contributed by atoms with Gasteiger partial charge in [-0.3, -0.25) is 9.13 Å². The van der Waals surface area contributed by atoms with E-state index in [0.717, 1.165) is 56.5 Å². The predicted molar refractivity (Wildman–Crippen MR) is 107 cm³/mol. The van der Waals surface area contributed by atoms with Crippen molar-refractivity contribution >= 4 is 11.0 Å². The van der Waals surface area contributed by atoms with Gasteiger partial charge in [0.05, 0.1) is 11.0 Å². The van der Waals surface area contributed by atoms with Gasteiger partial charge in [-0.15, -0.1) is 0 Å². The van der Waals surface area contributed by atoms with Crippen LogP contribution in [-0.2, 0) is 12.1 Å². The van der Waals surface area contributed by atoms with Crippen molar-refractivity contribution in [2.75, 3.05) is 32.7 Å². The van der Waals surface area contributed by atoms with Crippen LogP contribution in [0.15, 0.2) is 29.1 Å². The fourth-order valence-electron chi connectivity index (χ4n) is 4.77. The van der Waals surface area contributed by atoms with E-state index in [1.807, 2.05) is 4.57 Å². The zero-order chi connectivity index (χ0) is 18.0. The van der Waals surface area contributed by atoms with Crippen molar-refractivity contribution in [3.8, 4) is 0 Å². The van der Waals surface area contributed by atoms with Crippen LogP contribution in [0.1, 0.15) is 45.4 Å². The normalized spacial score (nSPS) is 21.3. The summed E-state index contributed by atoms with van der Waals surface area (Å²) < 4.78 is 4.11. The molecule has 0 amide bonds. The molecule has 0 saturated carbocycles. The fourth-order valence-corrected chi connectivity index (χ4v) is 4.77. The molecule has 0 radical (unpaired) electrons. The molecule has 0 unspecified atom stereocenters. The molecule has 0 spiro atoms. The number of imidazole rings is 1. The second-order valence-electron chi connectivity index (χ2n) is 8.26. The van der Waals surface area contributed by atoms with Gasteiger partial charge in [0.25, 0.3) is 0 Å². The lowest BCUT2D eigenvalue weighted by Gasteiger charge is -2.35. The van der Waals surface area contributed by atoms with Crippen LogP contribution in [0.5, 0.6) is 0 Å². The molecule has 5 nitrogen and oxygen atoms in total. The minimum Gasteiger partial charge on any atom is -0.317 e. The molecular weight excluding hydrogens is 324 g/mol. The number of nitrogens with zero attached hydrogens (tertiary/aromatic N) is 3. The standard InChI is InChI=1S/C21H32N4O/c1-21(10-12-22-13-11-21)25-19-9-4-3-8-18(19)24(20(25)26)17-7-16-23-14-5-2-6-15-23/h3-4,8-9,22H,2,5-7,10-17H2,1H3.